The second kappa shape index (κ2) is 8.61. The van der Waals surface area contributed by atoms with Gasteiger partial charge in [-0.3, -0.25) is 4.79 Å². The van der Waals surface area contributed by atoms with E-state index >= 15 is 0 Å². The number of aryl methyl sites for hydroxylation is 1. The number of benzene rings is 1. The Morgan fingerprint density at radius 2 is 1.89 bits per heavy atom. The molecule has 2 aromatic rings. The van der Waals surface area contributed by atoms with Crippen LogP contribution in [0.15, 0.2) is 24.3 Å². The zero-order valence-corrected chi connectivity index (χ0v) is 15.3. The molecule has 27 heavy (non-hydrogen) atoms. The lowest BCUT2D eigenvalue weighted by molar-refractivity contribution is -0.139. The number of hydrogen-bond acceptors (Lipinski definition) is 4. The van der Waals surface area contributed by atoms with Crippen LogP contribution in [0.25, 0.3) is 0 Å². The van der Waals surface area contributed by atoms with Crippen LogP contribution in [-0.4, -0.2) is 45.3 Å². The summed E-state index contributed by atoms with van der Waals surface area (Å²) in [6, 6.07) is 6.70. The van der Waals surface area contributed by atoms with Gasteiger partial charge in [0.15, 0.2) is 6.61 Å². The van der Waals surface area contributed by atoms with Gasteiger partial charge in [-0.05, 0) is 31.5 Å². The van der Waals surface area contributed by atoms with E-state index in [1.54, 1.807) is 38.2 Å². The fourth-order valence-electron chi connectivity index (χ4n) is 2.63. The van der Waals surface area contributed by atoms with Gasteiger partial charge in [0.05, 0.1) is 12.1 Å². The average molecular weight is 381 g/mol. The topological polar surface area (TPSA) is 84.7 Å². The smallest absolute Gasteiger partial charge is 0.341 e. The van der Waals surface area contributed by atoms with E-state index in [1.807, 2.05) is 0 Å². The molecule has 0 saturated carbocycles. The van der Waals surface area contributed by atoms with Crippen molar-refractivity contribution in [3.63, 3.8) is 0 Å². The van der Waals surface area contributed by atoms with Crippen LogP contribution in [0.1, 0.15) is 29.1 Å². The number of aromatic nitrogens is 2. The molecule has 0 unspecified atom stereocenters. The van der Waals surface area contributed by atoms with Crippen LogP contribution in [0.2, 0.25) is 0 Å². The minimum absolute atomic E-state index is 0.0132. The Kier molecular flexibility index (Phi) is 6.49. The van der Waals surface area contributed by atoms with Gasteiger partial charge < -0.3 is 14.7 Å². The highest BCUT2D eigenvalue weighted by Gasteiger charge is 2.20. The van der Waals surface area contributed by atoms with E-state index in [9.17, 15) is 18.4 Å². The molecule has 0 saturated heterocycles. The number of rotatable bonds is 8. The van der Waals surface area contributed by atoms with Crippen molar-refractivity contribution >= 4 is 11.9 Å². The van der Waals surface area contributed by atoms with Crippen LogP contribution in [0.5, 0.6) is 5.75 Å². The third-order valence-corrected chi connectivity index (χ3v) is 4.12. The van der Waals surface area contributed by atoms with Gasteiger partial charge in [-0.1, -0.05) is 12.1 Å². The highest BCUT2D eigenvalue weighted by Crippen LogP contribution is 2.20. The monoisotopic (exact) mass is 381 g/mol. The molecule has 146 valence electrons. The van der Waals surface area contributed by atoms with E-state index in [1.165, 1.54) is 11.8 Å². The van der Waals surface area contributed by atoms with Crippen molar-refractivity contribution in [3.05, 3.63) is 46.8 Å². The van der Waals surface area contributed by atoms with E-state index < -0.39 is 19.1 Å². The minimum Gasteiger partial charge on any atom is -0.482 e. The number of nitrogens with zero attached hydrogens (tertiary/aromatic N) is 3. The Morgan fingerprint density at radius 1 is 1.26 bits per heavy atom. The summed E-state index contributed by atoms with van der Waals surface area (Å²) in [5.41, 5.74) is 2.02. The van der Waals surface area contributed by atoms with Crippen molar-refractivity contribution in [1.82, 2.24) is 14.7 Å². The molecular formula is C18H21F2N3O4. The summed E-state index contributed by atoms with van der Waals surface area (Å²) in [4.78, 5) is 24.4. The molecule has 0 aliphatic heterocycles. The summed E-state index contributed by atoms with van der Waals surface area (Å²) in [6.07, 6.45) is -0.0132. The Hall–Kier alpha value is -2.97. The maximum Gasteiger partial charge on any atom is 0.341 e. The number of hydrogen-bond donors (Lipinski definition) is 1. The first-order chi connectivity index (χ1) is 12.7. The summed E-state index contributed by atoms with van der Waals surface area (Å²) < 4.78 is 31.5. The van der Waals surface area contributed by atoms with Gasteiger partial charge in [0.1, 0.15) is 5.75 Å². The number of carboxylic acids is 1. The van der Waals surface area contributed by atoms with E-state index in [0.717, 1.165) is 5.56 Å². The Bertz CT molecular complexity index is 819. The van der Waals surface area contributed by atoms with E-state index in [4.69, 9.17) is 9.84 Å². The first-order valence-electron chi connectivity index (χ1n) is 8.19. The molecular weight excluding hydrogens is 360 g/mol. The van der Waals surface area contributed by atoms with Crippen molar-refractivity contribution in [2.75, 3.05) is 13.7 Å². The van der Waals surface area contributed by atoms with Crippen molar-refractivity contribution < 1.29 is 28.2 Å². The van der Waals surface area contributed by atoms with Crippen LogP contribution in [0.4, 0.5) is 8.78 Å². The Labute approximate surface area is 155 Å². The van der Waals surface area contributed by atoms with Crippen molar-refractivity contribution in [2.24, 2.45) is 0 Å². The summed E-state index contributed by atoms with van der Waals surface area (Å²) in [5.74, 6) is -0.868. The molecule has 0 spiro atoms. The number of carbonyl (C=O) groups excluding carboxylic acids is 1. The average Bonchev–Trinajstić information content (AvgIpc) is 2.89. The van der Waals surface area contributed by atoms with Crippen molar-refractivity contribution in [1.29, 1.82) is 0 Å². The number of likely N-dealkylation sites (N-methyl/N-ethyl adjacent to an activating group) is 1. The molecule has 1 aromatic carbocycles. The lowest BCUT2D eigenvalue weighted by Gasteiger charge is -2.18. The maximum absolute atomic E-state index is 12.9. The third-order valence-electron chi connectivity index (χ3n) is 4.12. The number of aliphatic carboxylic acids is 1. The second-order valence-electron chi connectivity index (χ2n) is 6.12. The van der Waals surface area contributed by atoms with E-state index in [-0.39, 0.29) is 18.0 Å². The number of amides is 1. The molecule has 0 aliphatic carbocycles. The van der Waals surface area contributed by atoms with E-state index in [2.05, 4.69) is 5.10 Å². The van der Waals surface area contributed by atoms with Gasteiger partial charge in [-0.25, -0.2) is 9.48 Å². The number of ether oxygens (including phenoxy) is 1. The summed E-state index contributed by atoms with van der Waals surface area (Å²) in [7, 11) is 1.62. The molecule has 0 aliphatic rings. The van der Waals surface area contributed by atoms with Crippen LogP contribution in [0, 0.1) is 13.8 Å². The predicted octanol–water partition coefficient (Wildman–Crippen LogP) is 2.56. The van der Waals surface area contributed by atoms with Crippen LogP contribution < -0.4 is 4.74 Å². The van der Waals surface area contributed by atoms with Gasteiger partial charge in [-0.15, -0.1) is 0 Å². The third kappa shape index (κ3) is 5.25. The van der Waals surface area contributed by atoms with Crippen LogP contribution in [-0.2, 0) is 22.6 Å². The largest absolute Gasteiger partial charge is 0.482 e. The van der Waals surface area contributed by atoms with Gasteiger partial charge >= 0.3 is 12.5 Å². The van der Waals surface area contributed by atoms with Gasteiger partial charge in [0.25, 0.3) is 0 Å². The fraction of sp³-hybridized carbons (Fsp3) is 0.389. The highest BCUT2D eigenvalue weighted by molar-refractivity contribution is 5.79. The van der Waals surface area contributed by atoms with Crippen molar-refractivity contribution in [3.8, 4) is 5.75 Å². The molecule has 1 amide bonds. The molecule has 0 atom stereocenters. The lowest BCUT2D eigenvalue weighted by Crippen LogP contribution is -2.28. The zero-order chi connectivity index (χ0) is 20.1. The second-order valence-corrected chi connectivity index (χ2v) is 6.12. The molecule has 0 radical (unpaired) electrons. The summed E-state index contributed by atoms with van der Waals surface area (Å²) in [5, 5.41) is 12.4. The SMILES string of the molecule is Cc1nn(C(F)F)c(C)c1CC(=O)N(C)Cc1ccc(OCC(=O)O)cc1. The molecule has 1 heterocycles. The quantitative estimate of drug-likeness (QED) is 0.760. The fourth-order valence-corrected chi connectivity index (χ4v) is 2.63. The standard InChI is InChI=1S/C18H21F2N3O4/c1-11-15(12(2)23(21-11)18(19)20)8-16(24)22(3)9-13-4-6-14(7-5-13)27-10-17(25)26/h4-7,18H,8-10H2,1-3H3,(H,25,26). The van der Waals surface area contributed by atoms with Gasteiger partial charge in [0.2, 0.25) is 5.91 Å². The summed E-state index contributed by atoms with van der Waals surface area (Å²) >= 11 is 0. The normalized spacial score (nSPS) is 10.9. The molecule has 1 aromatic heterocycles. The first-order valence-corrected chi connectivity index (χ1v) is 8.19. The predicted molar refractivity (Wildman–Crippen MR) is 92.7 cm³/mol. The summed E-state index contributed by atoms with van der Waals surface area (Å²) in [6.45, 7) is 0.267. The van der Waals surface area contributed by atoms with Gasteiger partial charge in [0, 0.05) is 24.8 Å². The molecule has 2 rings (SSSR count). The Balaban J connectivity index is 1.99. The zero-order valence-electron chi connectivity index (χ0n) is 15.3. The number of alkyl halides is 2. The maximum atomic E-state index is 12.9. The molecule has 9 heteroatoms. The number of carboxylic acid groups (broad SMARTS) is 1. The van der Waals surface area contributed by atoms with Crippen molar-refractivity contribution in [2.45, 2.75) is 33.4 Å². The lowest BCUT2D eigenvalue weighted by atomic mass is 10.1. The number of carbonyl (C=O) groups is 2. The number of halogens is 2. The molecule has 1 N–H and O–H groups in total. The van der Waals surface area contributed by atoms with Crippen LogP contribution in [0.3, 0.4) is 0 Å². The van der Waals surface area contributed by atoms with E-state index in [0.29, 0.717) is 28.2 Å². The Morgan fingerprint density at radius 3 is 2.41 bits per heavy atom. The molecule has 7 nitrogen and oxygen atoms in total. The van der Waals surface area contributed by atoms with Gasteiger partial charge in [-0.2, -0.15) is 13.9 Å². The molecule has 0 bridgehead atoms. The first kappa shape index (κ1) is 20.3. The minimum atomic E-state index is -2.74. The highest BCUT2D eigenvalue weighted by atomic mass is 19.3. The molecule has 0 fully saturated rings. The van der Waals surface area contributed by atoms with Crippen LogP contribution >= 0.6 is 0 Å².